The molecule has 1 nitrogen and oxygen atoms in total. The van der Waals surface area contributed by atoms with E-state index in [1.54, 1.807) is 0 Å². The summed E-state index contributed by atoms with van der Waals surface area (Å²) in [5, 5.41) is 0. The molecule has 0 bridgehead atoms. The van der Waals surface area contributed by atoms with Crippen LogP contribution in [0.5, 0.6) is 5.75 Å². The maximum atomic E-state index is 5.58. The van der Waals surface area contributed by atoms with Crippen molar-refractivity contribution in [2.24, 2.45) is 0 Å². The average Bonchev–Trinajstić information content (AvgIpc) is 2.05. The first-order chi connectivity index (χ1) is 5.83. The second-order valence-electron chi connectivity index (χ2n) is 2.77. The van der Waals surface area contributed by atoms with Crippen molar-refractivity contribution < 1.29 is 4.74 Å². The summed E-state index contributed by atoms with van der Waals surface area (Å²) in [6.07, 6.45) is 2.25. The van der Waals surface area contributed by atoms with Gasteiger partial charge in [-0.1, -0.05) is 25.5 Å². The Bertz CT molecular complexity index is 230. The first kappa shape index (κ1) is 9.11. The van der Waals surface area contributed by atoms with E-state index in [0.717, 1.165) is 30.8 Å². The molecule has 0 heterocycles. The van der Waals surface area contributed by atoms with Crippen molar-refractivity contribution in [3.8, 4) is 5.75 Å². The molecule has 1 aromatic rings. The van der Waals surface area contributed by atoms with Crippen molar-refractivity contribution in [2.45, 2.75) is 19.8 Å². The minimum Gasteiger partial charge on any atom is -0.494 e. The Morgan fingerprint density at radius 2 is 2.25 bits per heavy atom. The molecule has 0 aromatic heterocycles. The van der Waals surface area contributed by atoms with Gasteiger partial charge in [-0.3, -0.25) is 0 Å². The summed E-state index contributed by atoms with van der Waals surface area (Å²) in [5.74, 6) is 0.864. The normalized spacial score (nSPS) is 9.83. The fourth-order valence-corrected chi connectivity index (χ4v) is 0.939. The number of rotatable bonds is 4. The van der Waals surface area contributed by atoms with Gasteiger partial charge in [-0.2, -0.15) is 0 Å². The van der Waals surface area contributed by atoms with Gasteiger partial charge in [-0.15, -0.1) is 0 Å². The van der Waals surface area contributed by atoms with E-state index in [0.29, 0.717) is 0 Å². The van der Waals surface area contributed by atoms with Crippen LogP contribution in [0.3, 0.4) is 0 Å². The molecule has 0 N–H and O–H groups in total. The van der Waals surface area contributed by atoms with Crippen LogP contribution in [-0.2, 0) is 0 Å². The first-order valence-corrected chi connectivity index (χ1v) is 4.31. The van der Waals surface area contributed by atoms with Crippen LogP contribution in [0.2, 0.25) is 0 Å². The fourth-order valence-electron chi connectivity index (χ4n) is 0.939. The van der Waals surface area contributed by atoms with Crippen LogP contribution in [0.1, 0.15) is 25.3 Å². The van der Waals surface area contributed by atoms with Crippen molar-refractivity contribution in [2.75, 3.05) is 6.61 Å². The van der Waals surface area contributed by atoms with Crippen molar-refractivity contribution in [3.05, 3.63) is 36.8 Å². The summed E-state index contributed by atoms with van der Waals surface area (Å²) in [6.45, 7) is 8.50. The van der Waals surface area contributed by atoms with Crippen LogP contribution < -0.4 is 4.74 Å². The molecule has 64 valence electrons. The van der Waals surface area contributed by atoms with Gasteiger partial charge in [-0.25, -0.2) is 0 Å². The van der Waals surface area contributed by atoms with Gasteiger partial charge < -0.3 is 4.74 Å². The Morgan fingerprint density at radius 1 is 1.42 bits per heavy atom. The highest BCUT2D eigenvalue weighted by atomic mass is 16.5. The third-order valence-corrected chi connectivity index (χ3v) is 1.62. The van der Waals surface area contributed by atoms with Crippen LogP contribution in [0, 0.1) is 6.92 Å². The van der Waals surface area contributed by atoms with Gasteiger partial charge in [0.25, 0.3) is 0 Å². The summed E-state index contributed by atoms with van der Waals surface area (Å²) in [7, 11) is 0. The highest BCUT2D eigenvalue weighted by molar-refractivity contribution is 5.29. The van der Waals surface area contributed by atoms with Gasteiger partial charge in [0.15, 0.2) is 0 Å². The summed E-state index contributed by atoms with van der Waals surface area (Å²) in [6, 6.07) is 7.52. The molecule has 0 saturated heterocycles. The van der Waals surface area contributed by atoms with E-state index in [-0.39, 0.29) is 0 Å². The highest BCUT2D eigenvalue weighted by Crippen LogP contribution is 2.12. The first-order valence-electron chi connectivity index (χ1n) is 4.31. The predicted octanol–water partition coefficient (Wildman–Crippen LogP) is 2.92. The minimum atomic E-state index is 0.754. The lowest BCUT2D eigenvalue weighted by molar-refractivity contribution is 0.309. The van der Waals surface area contributed by atoms with Crippen LogP contribution in [-0.4, -0.2) is 6.61 Å². The monoisotopic (exact) mass is 162 g/mol. The van der Waals surface area contributed by atoms with E-state index in [9.17, 15) is 0 Å². The molecule has 0 unspecified atom stereocenters. The molecule has 0 aliphatic carbocycles. The number of benzene rings is 1. The van der Waals surface area contributed by atoms with Crippen molar-refractivity contribution >= 4 is 0 Å². The second-order valence-corrected chi connectivity index (χ2v) is 2.77. The highest BCUT2D eigenvalue weighted by Gasteiger charge is 1.92. The zero-order valence-electron chi connectivity index (χ0n) is 7.42. The van der Waals surface area contributed by atoms with E-state index in [1.165, 1.54) is 0 Å². The summed E-state index contributed by atoms with van der Waals surface area (Å²) in [4.78, 5) is 0. The lowest BCUT2D eigenvalue weighted by Gasteiger charge is -2.04. The third-order valence-electron chi connectivity index (χ3n) is 1.62. The maximum Gasteiger partial charge on any atom is 0.119 e. The van der Waals surface area contributed by atoms with Crippen LogP contribution >= 0.6 is 0 Å². The maximum absolute atomic E-state index is 5.58. The number of ether oxygens (including phenoxy) is 1. The van der Waals surface area contributed by atoms with Gasteiger partial charge in [0.1, 0.15) is 5.75 Å². The molecule has 0 aliphatic rings. The van der Waals surface area contributed by atoms with Gasteiger partial charge in [-0.05, 0) is 31.0 Å². The van der Waals surface area contributed by atoms with E-state index < -0.39 is 0 Å². The van der Waals surface area contributed by atoms with Crippen molar-refractivity contribution in [1.29, 1.82) is 0 Å². The molecule has 0 aliphatic heterocycles. The second kappa shape index (κ2) is 4.81. The fraction of sp³-hybridized carbons (Fsp3) is 0.364. The SMILES string of the molecule is [CH]c1cccc(OCCCC)c1. The molecule has 2 radical (unpaired) electrons. The van der Waals surface area contributed by atoms with Gasteiger partial charge in [0, 0.05) is 0 Å². The molecule has 0 amide bonds. The molecule has 12 heavy (non-hydrogen) atoms. The summed E-state index contributed by atoms with van der Waals surface area (Å²) >= 11 is 0. The quantitative estimate of drug-likeness (QED) is 0.618. The molecule has 0 spiro atoms. The molecular formula is C11H14O. The lowest BCUT2D eigenvalue weighted by atomic mass is 10.2. The van der Waals surface area contributed by atoms with Crippen LogP contribution in [0.15, 0.2) is 24.3 Å². The van der Waals surface area contributed by atoms with Crippen LogP contribution in [0.4, 0.5) is 0 Å². The molecule has 0 fully saturated rings. The van der Waals surface area contributed by atoms with E-state index >= 15 is 0 Å². The molecule has 1 rings (SSSR count). The molecule has 1 aromatic carbocycles. The minimum absolute atomic E-state index is 0.754. The molecule has 0 saturated carbocycles. The Labute approximate surface area is 74.4 Å². The number of hydrogen-bond donors (Lipinski definition) is 0. The van der Waals surface area contributed by atoms with Crippen molar-refractivity contribution in [1.82, 2.24) is 0 Å². The van der Waals surface area contributed by atoms with Gasteiger partial charge >= 0.3 is 0 Å². The van der Waals surface area contributed by atoms with E-state index in [1.807, 2.05) is 24.3 Å². The summed E-state index contributed by atoms with van der Waals surface area (Å²) in [5.41, 5.74) is 0.754. The van der Waals surface area contributed by atoms with Gasteiger partial charge in [0.2, 0.25) is 0 Å². The molecular weight excluding hydrogens is 148 g/mol. The third kappa shape index (κ3) is 2.95. The summed E-state index contributed by atoms with van der Waals surface area (Å²) < 4.78 is 5.45. The smallest absolute Gasteiger partial charge is 0.119 e. The van der Waals surface area contributed by atoms with Crippen molar-refractivity contribution in [3.63, 3.8) is 0 Å². The Kier molecular flexibility index (Phi) is 3.65. The van der Waals surface area contributed by atoms with E-state index in [4.69, 9.17) is 11.7 Å². The molecule has 1 heteroatoms. The number of unbranched alkanes of at least 4 members (excludes halogenated alkanes) is 1. The zero-order valence-corrected chi connectivity index (χ0v) is 7.42. The Hall–Kier alpha value is -0.980. The van der Waals surface area contributed by atoms with Crippen LogP contribution in [0.25, 0.3) is 0 Å². The zero-order chi connectivity index (χ0) is 8.81. The molecule has 0 atom stereocenters. The largest absolute Gasteiger partial charge is 0.494 e. The Morgan fingerprint density at radius 3 is 2.92 bits per heavy atom. The van der Waals surface area contributed by atoms with Gasteiger partial charge in [0.05, 0.1) is 6.61 Å². The predicted molar refractivity (Wildman–Crippen MR) is 50.2 cm³/mol. The Balaban J connectivity index is 2.41. The van der Waals surface area contributed by atoms with E-state index in [2.05, 4.69) is 6.92 Å². The topological polar surface area (TPSA) is 9.23 Å². The standard InChI is InChI=1S/C11H14O/c1-3-4-8-12-11-7-5-6-10(2)9-11/h2,5-7,9H,3-4,8H2,1H3. The average molecular weight is 162 g/mol. The lowest BCUT2D eigenvalue weighted by Crippen LogP contribution is -1.96. The number of hydrogen-bond acceptors (Lipinski definition) is 1.